The molecule has 0 bridgehead atoms. The Bertz CT molecular complexity index is 1350. The van der Waals surface area contributed by atoms with E-state index in [1.807, 2.05) is 45.0 Å². The highest BCUT2D eigenvalue weighted by molar-refractivity contribution is 7.92. The Morgan fingerprint density at radius 3 is 2.18 bits per heavy atom. The molecule has 2 amide bonds. The number of hydrogen-bond acceptors (Lipinski definition) is 4. The Hall–Kier alpha value is -3.72. The summed E-state index contributed by atoms with van der Waals surface area (Å²) in [6.07, 6.45) is 0.331. The molecule has 0 radical (unpaired) electrons. The summed E-state index contributed by atoms with van der Waals surface area (Å²) in [5, 5.41) is 2.87. The monoisotopic (exact) mass is 539 g/mol. The molecule has 9 heteroatoms. The summed E-state index contributed by atoms with van der Waals surface area (Å²) in [5.41, 5.74) is 1.95. The maximum absolute atomic E-state index is 13.9. The van der Waals surface area contributed by atoms with Crippen molar-refractivity contribution < 1.29 is 22.4 Å². The van der Waals surface area contributed by atoms with E-state index >= 15 is 0 Å². The molecule has 0 saturated heterocycles. The van der Waals surface area contributed by atoms with Gasteiger partial charge in [-0.25, -0.2) is 12.8 Å². The van der Waals surface area contributed by atoms with Crippen molar-refractivity contribution in [1.82, 2.24) is 10.2 Å². The van der Waals surface area contributed by atoms with Crippen LogP contribution in [0.1, 0.15) is 38.3 Å². The Kier molecular flexibility index (Phi) is 9.63. The number of carbonyl (C=O) groups is 2. The molecule has 0 aliphatic rings. The van der Waals surface area contributed by atoms with Crippen LogP contribution in [-0.2, 0) is 26.2 Å². The molecule has 0 unspecified atom stereocenters. The molecule has 0 fully saturated rings. The number of amides is 2. The molecule has 3 aromatic carbocycles. The van der Waals surface area contributed by atoms with Gasteiger partial charge in [0.1, 0.15) is 18.4 Å². The van der Waals surface area contributed by atoms with Crippen LogP contribution in [0, 0.1) is 12.7 Å². The van der Waals surface area contributed by atoms with E-state index in [4.69, 9.17) is 0 Å². The summed E-state index contributed by atoms with van der Waals surface area (Å²) in [5.74, 6) is -1.40. The standard InChI is InChI=1S/C29H34FN3O4S/c1-5-27(29(35)31-21(2)3)32(19-23-11-9-10-22(4)18-23)28(34)20-33(25-16-14-24(30)15-17-25)38(36,37)26-12-7-6-8-13-26/h6-18,21,27H,5,19-20H2,1-4H3,(H,31,35)/t27-/m1/s1. The molecule has 3 aromatic rings. The van der Waals surface area contributed by atoms with Gasteiger partial charge in [-0.2, -0.15) is 0 Å². The predicted octanol–water partition coefficient (Wildman–Crippen LogP) is 4.66. The second-order valence-electron chi connectivity index (χ2n) is 9.40. The lowest BCUT2D eigenvalue weighted by Crippen LogP contribution is -2.53. The number of benzene rings is 3. The molecule has 0 heterocycles. The molecule has 0 saturated carbocycles. The highest BCUT2D eigenvalue weighted by Gasteiger charge is 2.33. The van der Waals surface area contributed by atoms with Crippen molar-refractivity contribution in [1.29, 1.82) is 0 Å². The SMILES string of the molecule is CC[C@H](C(=O)NC(C)C)N(Cc1cccc(C)c1)C(=O)CN(c1ccc(F)cc1)S(=O)(=O)c1ccccc1. The number of rotatable bonds is 11. The van der Waals surface area contributed by atoms with E-state index in [0.717, 1.165) is 27.6 Å². The number of anilines is 1. The number of carbonyl (C=O) groups excluding carboxylic acids is 2. The van der Waals surface area contributed by atoms with Crippen LogP contribution in [0.25, 0.3) is 0 Å². The minimum Gasteiger partial charge on any atom is -0.352 e. The van der Waals surface area contributed by atoms with Crippen LogP contribution < -0.4 is 9.62 Å². The lowest BCUT2D eigenvalue weighted by Gasteiger charge is -2.33. The molecule has 0 aliphatic heterocycles. The topological polar surface area (TPSA) is 86.8 Å². The van der Waals surface area contributed by atoms with E-state index in [1.165, 1.54) is 29.2 Å². The second kappa shape index (κ2) is 12.7. The van der Waals surface area contributed by atoms with Crippen LogP contribution in [0.4, 0.5) is 10.1 Å². The zero-order chi connectivity index (χ0) is 27.9. The summed E-state index contributed by atoms with van der Waals surface area (Å²) in [4.78, 5) is 28.5. The van der Waals surface area contributed by atoms with Gasteiger partial charge in [-0.1, -0.05) is 55.0 Å². The minimum absolute atomic E-state index is 0.00745. The molecule has 38 heavy (non-hydrogen) atoms. The van der Waals surface area contributed by atoms with Gasteiger partial charge in [0.25, 0.3) is 10.0 Å². The van der Waals surface area contributed by atoms with Gasteiger partial charge in [-0.05, 0) is 69.2 Å². The van der Waals surface area contributed by atoms with Crippen LogP contribution in [0.5, 0.6) is 0 Å². The van der Waals surface area contributed by atoms with Crippen LogP contribution in [-0.4, -0.2) is 43.8 Å². The first-order chi connectivity index (χ1) is 18.0. The van der Waals surface area contributed by atoms with Crippen LogP contribution in [0.15, 0.2) is 83.8 Å². The first-order valence-corrected chi connectivity index (χ1v) is 14.0. The lowest BCUT2D eigenvalue weighted by molar-refractivity contribution is -0.140. The molecule has 0 aromatic heterocycles. The third-order valence-corrected chi connectivity index (χ3v) is 7.77. The average Bonchev–Trinajstić information content (AvgIpc) is 2.87. The first-order valence-electron chi connectivity index (χ1n) is 12.5. The lowest BCUT2D eigenvalue weighted by atomic mass is 10.1. The molecule has 1 N–H and O–H groups in total. The molecular weight excluding hydrogens is 505 g/mol. The molecule has 0 aliphatic carbocycles. The summed E-state index contributed by atoms with van der Waals surface area (Å²) >= 11 is 0. The number of sulfonamides is 1. The van der Waals surface area contributed by atoms with E-state index < -0.39 is 34.3 Å². The first kappa shape index (κ1) is 28.8. The zero-order valence-electron chi connectivity index (χ0n) is 22.1. The Balaban J connectivity index is 2.05. The maximum Gasteiger partial charge on any atom is 0.264 e. The molecular formula is C29H34FN3O4S. The summed E-state index contributed by atoms with van der Waals surface area (Å²) in [7, 11) is -4.18. The maximum atomic E-state index is 13.9. The van der Waals surface area contributed by atoms with Gasteiger partial charge in [-0.3, -0.25) is 13.9 Å². The third-order valence-electron chi connectivity index (χ3n) is 5.98. The summed E-state index contributed by atoms with van der Waals surface area (Å²) in [6.45, 7) is 6.95. The van der Waals surface area contributed by atoms with Gasteiger partial charge in [0.2, 0.25) is 11.8 Å². The van der Waals surface area contributed by atoms with E-state index in [1.54, 1.807) is 25.1 Å². The van der Waals surface area contributed by atoms with Crippen molar-refractivity contribution in [2.75, 3.05) is 10.8 Å². The van der Waals surface area contributed by atoms with Crippen molar-refractivity contribution in [2.24, 2.45) is 0 Å². The smallest absolute Gasteiger partial charge is 0.264 e. The van der Waals surface area contributed by atoms with E-state index in [-0.39, 0.29) is 29.1 Å². The quantitative estimate of drug-likeness (QED) is 0.384. The fourth-order valence-electron chi connectivity index (χ4n) is 4.16. The molecule has 3 rings (SSSR count). The summed E-state index contributed by atoms with van der Waals surface area (Å²) < 4.78 is 42.0. The zero-order valence-corrected chi connectivity index (χ0v) is 22.9. The molecule has 0 spiro atoms. The van der Waals surface area contributed by atoms with Gasteiger partial charge >= 0.3 is 0 Å². The molecule has 1 atom stereocenters. The van der Waals surface area contributed by atoms with Gasteiger partial charge in [0.15, 0.2) is 0 Å². The molecule has 7 nitrogen and oxygen atoms in total. The van der Waals surface area contributed by atoms with E-state index in [0.29, 0.717) is 6.42 Å². The number of nitrogens with zero attached hydrogens (tertiary/aromatic N) is 2. The van der Waals surface area contributed by atoms with Crippen LogP contribution >= 0.6 is 0 Å². The fourth-order valence-corrected chi connectivity index (χ4v) is 5.60. The van der Waals surface area contributed by atoms with Crippen molar-refractivity contribution in [3.05, 3.63) is 95.8 Å². The van der Waals surface area contributed by atoms with Gasteiger partial charge in [0.05, 0.1) is 10.6 Å². The van der Waals surface area contributed by atoms with Gasteiger partial charge < -0.3 is 10.2 Å². The molecule has 202 valence electrons. The Labute approximate surface area is 224 Å². The average molecular weight is 540 g/mol. The Morgan fingerprint density at radius 1 is 0.947 bits per heavy atom. The highest BCUT2D eigenvalue weighted by atomic mass is 32.2. The number of aryl methyl sites for hydroxylation is 1. The van der Waals surface area contributed by atoms with Gasteiger partial charge in [0, 0.05) is 12.6 Å². The van der Waals surface area contributed by atoms with Crippen molar-refractivity contribution >= 4 is 27.5 Å². The predicted molar refractivity (Wildman–Crippen MR) is 146 cm³/mol. The number of hydrogen-bond donors (Lipinski definition) is 1. The van der Waals surface area contributed by atoms with E-state index in [2.05, 4.69) is 5.32 Å². The highest BCUT2D eigenvalue weighted by Crippen LogP contribution is 2.25. The van der Waals surface area contributed by atoms with Crippen molar-refractivity contribution in [3.63, 3.8) is 0 Å². The van der Waals surface area contributed by atoms with Crippen LogP contribution in [0.3, 0.4) is 0 Å². The Morgan fingerprint density at radius 2 is 1.61 bits per heavy atom. The van der Waals surface area contributed by atoms with Crippen molar-refractivity contribution in [3.8, 4) is 0 Å². The number of nitrogens with one attached hydrogen (secondary N) is 1. The number of halogens is 1. The fraction of sp³-hybridized carbons (Fsp3) is 0.310. The van der Waals surface area contributed by atoms with Crippen molar-refractivity contribution in [2.45, 2.75) is 57.6 Å². The normalized spacial score (nSPS) is 12.2. The largest absolute Gasteiger partial charge is 0.352 e. The second-order valence-corrected chi connectivity index (χ2v) is 11.3. The van der Waals surface area contributed by atoms with Gasteiger partial charge in [-0.15, -0.1) is 0 Å². The van der Waals surface area contributed by atoms with Crippen LogP contribution in [0.2, 0.25) is 0 Å². The minimum atomic E-state index is -4.18. The van der Waals surface area contributed by atoms with E-state index in [9.17, 15) is 22.4 Å². The summed E-state index contributed by atoms with van der Waals surface area (Å²) in [6, 6.07) is 19.3. The third kappa shape index (κ3) is 7.19.